The lowest BCUT2D eigenvalue weighted by molar-refractivity contribution is 0.266. The van der Waals surface area contributed by atoms with Crippen LogP contribution in [0.4, 0.5) is 5.69 Å². The first kappa shape index (κ1) is 14.5. The molecule has 7 heteroatoms. The number of hydrogen-bond acceptors (Lipinski definition) is 5. The van der Waals surface area contributed by atoms with Crippen molar-refractivity contribution in [2.24, 2.45) is 0 Å². The van der Waals surface area contributed by atoms with Crippen molar-refractivity contribution in [1.82, 2.24) is 15.1 Å². The summed E-state index contributed by atoms with van der Waals surface area (Å²) in [6.07, 6.45) is 1.69. The molecular formula is C12H19BrN4O2. The maximum atomic E-state index is 12.1. The maximum absolute atomic E-state index is 12.1. The molecule has 1 fully saturated rings. The number of halogens is 1. The molecule has 106 valence electrons. The molecule has 1 aromatic rings. The van der Waals surface area contributed by atoms with Gasteiger partial charge >= 0.3 is 0 Å². The molecule has 2 unspecified atom stereocenters. The van der Waals surface area contributed by atoms with Gasteiger partial charge in [0.1, 0.15) is 4.47 Å². The Bertz CT molecular complexity index is 505. The predicted molar refractivity (Wildman–Crippen MR) is 77.6 cm³/mol. The van der Waals surface area contributed by atoms with E-state index >= 15 is 0 Å². The van der Waals surface area contributed by atoms with Gasteiger partial charge in [0, 0.05) is 25.2 Å². The van der Waals surface area contributed by atoms with Gasteiger partial charge in [0.2, 0.25) is 0 Å². The van der Waals surface area contributed by atoms with Crippen LogP contribution in [0.1, 0.15) is 13.8 Å². The van der Waals surface area contributed by atoms with Gasteiger partial charge in [-0.25, -0.2) is 4.68 Å². The lowest BCUT2D eigenvalue weighted by atomic mass is 10.1. The molecule has 0 saturated carbocycles. The Morgan fingerprint density at radius 1 is 1.58 bits per heavy atom. The minimum absolute atomic E-state index is 0.0975. The Morgan fingerprint density at radius 2 is 2.32 bits per heavy atom. The van der Waals surface area contributed by atoms with Crippen LogP contribution in [0, 0.1) is 0 Å². The minimum Gasteiger partial charge on any atom is -0.394 e. The van der Waals surface area contributed by atoms with E-state index in [1.165, 1.54) is 4.68 Å². The molecule has 1 aliphatic rings. The maximum Gasteiger partial charge on any atom is 0.283 e. The van der Waals surface area contributed by atoms with Gasteiger partial charge in [0.25, 0.3) is 5.56 Å². The lowest BCUT2D eigenvalue weighted by Crippen LogP contribution is -2.55. The number of hydrogen-bond donors (Lipinski definition) is 2. The number of aliphatic hydroxyl groups is 1. The second kappa shape index (κ2) is 6.02. The predicted octanol–water partition coefficient (Wildman–Crippen LogP) is 0.185. The number of aliphatic hydroxyl groups excluding tert-OH is 1. The van der Waals surface area contributed by atoms with E-state index in [0.29, 0.717) is 16.6 Å². The summed E-state index contributed by atoms with van der Waals surface area (Å²) in [5.74, 6) is 0. The van der Waals surface area contributed by atoms with Gasteiger partial charge < -0.3 is 15.3 Å². The molecule has 1 aliphatic heterocycles. The lowest BCUT2D eigenvalue weighted by Gasteiger charge is -2.39. The third-order valence-corrected chi connectivity index (χ3v) is 4.10. The van der Waals surface area contributed by atoms with Crippen LogP contribution in [0.2, 0.25) is 0 Å². The van der Waals surface area contributed by atoms with Crippen LogP contribution in [-0.2, 0) is 6.54 Å². The van der Waals surface area contributed by atoms with Crippen molar-refractivity contribution in [1.29, 1.82) is 0 Å². The molecule has 0 aromatic carbocycles. The number of rotatable bonds is 3. The van der Waals surface area contributed by atoms with Crippen molar-refractivity contribution in [3.8, 4) is 0 Å². The average molecular weight is 331 g/mol. The van der Waals surface area contributed by atoms with Crippen molar-refractivity contribution in [3.63, 3.8) is 0 Å². The van der Waals surface area contributed by atoms with E-state index in [4.69, 9.17) is 5.11 Å². The van der Waals surface area contributed by atoms with E-state index in [2.05, 4.69) is 45.1 Å². The highest BCUT2D eigenvalue weighted by atomic mass is 79.9. The van der Waals surface area contributed by atoms with E-state index in [9.17, 15) is 4.79 Å². The van der Waals surface area contributed by atoms with E-state index in [-0.39, 0.29) is 18.7 Å². The smallest absolute Gasteiger partial charge is 0.283 e. The van der Waals surface area contributed by atoms with Crippen LogP contribution < -0.4 is 15.8 Å². The zero-order valence-corrected chi connectivity index (χ0v) is 12.7. The van der Waals surface area contributed by atoms with Gasteiger partial charge in [-0.2, -0.15) is 5.10 Å². The van der Waals surface area contributed by atoms with Gasteiger partial charge in [-0.05, 0) is 29.8 Å². The zero-order valence-electron chi connectivity index (χ0n) is 11.1. The van der Waals surface area contributed by atoms with Crippen molar-refractivity contribution in [3.05, 3.63) is 21.0 Å². The van der Waals surface area contributed by atoms with E-state index < -0.39 is 0 Å². The molecule has 2 atom stereocenters. The molecular weight excluding hydrogens is 312 g/mol. The highest BCUT2D eigenvalue weighted by molar-refractivity contribution is 9.10. The summed E-state index contributed by atoms with van der Waals surface area (Å²) in [4.78, 5) is 14.3. The fraction of sp³-hybridized carbons (Fsp3) is 0.667. The quantitative estimate of drug-likeness (QED) is 0.827. The van der Waals surface area contributed by atoms with Crippen LogP contribution in [0.3, 0.4) is 0 Å². The Labute approximate surface area is 120 Å². The largest absolute Gasteiger partial charge is 0.394 e. The molecule has 1 saturated heterocycles. The number of nitrogens with zero attached hydrogens (tertiary/aromatic N) is 3. The first-order valence-corrected chi connectivity index (χ1v) is 7.20. The van der Waals surface area contributed by atoms with Crippen LogP contribution in [0.25, 0.3) is 0 Å². The summed E-state index contributed by atoms with van der Waals surface area (Å²) in [6.45, 7) is 6.07. The number of aromatic nitrogens is 2. The fourth-order valence-corrected chi connectivity index (χ4v) is 2.80. The SMILES string of the molecule is CC1CN(c2cnn(CCO)c(=O)c2Br)C(C)CN1. The van der Waals surface area contributed by atoms with Gasteiger partial charge in [0.05, 0.1) is 25.0 Å². The number of anilines is 1. The third kappa shape index (κ3) is 2.98. The van der Waals surface area contributed by atoms with Gasteiger partial charge in [-0.1, -0.05) is 0 Å². The molecule has 2 N–H and O–H groups in total. The molecule has 6 nitrogen and oxygen atoms in total. The second-order valence-corrected chi connectivity index (χ2v) is 5.70. The monoisotopic (exact) mass is 330 g/mol. The van der Waals surface area contributed by atoms with Crippen molar-refractivity contribution >= 4 is 21.6 Å². The van der Waals surface area contributed by atoms with Crippen LogP contribution in [-0.4, -0.2) is 46.7 Å². The van der Waals surface area contributed by atoms with Gasteiger partial charge in [0.15, 0.2) is 0 Å². The topological polar surface area (TPSA) is 70.4 Å². The molecule has 0 radical (unpaired) electrons. The molecule has 0 amide bonds. The summed E-state index contributed by atoms with van der Waals surface area (Å²) < 4.78 is 1.78. The number of nitrogens with one attached hydrogen (secondary N) is 1. The highest BCUT2D eigenvalue weighted by Gasteiger charge is 2.25. The first-order chi connectivity index (χ1) is 9.04. The van der Waals surface area contributed by atoms with Crippen molar-refractivity contribution in [2.75, 3.05) is 24.6 Å². The Balaban J connectivity index is 2.34. The average Bonchev–Trinajstić information content (AvgIpc) is 2.39. The summed E-state index contributed by atoms with van der Waals surface area (Å²) in [7, 11) is 0. The first-order valence-electron chi connectivity index (χ1n) is 6.41. The van der Waals surface area contributed by atoms with Crippen LogP contribution >= 0.6 is 15.9 Å². The summed E-state index contributed by atoms with van der Waals surface area (Å²) in [5.41, 5.74) is 0.616. The normalized spacial score (nSPS) is 23.7. The molecule has 2 rings (SSSR count). The molecule has 2 heterocycles. The summed E-state index contributed by atoms with van der Waals surface area (Å²) in [5, 5.41) is 16.4. The van der Waals surface area contributed by atoms with E-state index in [1.807, 2.05) is 0 Å². The van der Waals surface area contributed by atoms with E-state index in [0.717, 1.165) is 18.8 Å². The van der Waals surface area contributed by atoms with Gasteiger partial charge in [-0.3, -0.25) is 4.79 Å². The van der Waals surface area contributed by atoms with Crippen LogP contribution in [0.5, 0.6) is 0 Å². The molecule has 0 spiro atoms. The van der Waals surface area contributed by atoms with Crippen molar-refractivity contribution < 1.29 is 5.11 Å². The minimum atomic E-state index is -0.204. The second-order valence-electron chi connectivity index (χ2n) is 4.91. The van der Waals surface area contributed by atoms with E-state index in [1.54, 1.807) is 6.20 Å². The molecule has 1 aromatic heterocycles. The summed E-state index contributed by atoms with van der Waals surface area (Å²) >= 11 is 3.37. The Hall–Kier alpha value is -0.920. The van der Waals surface area contributed by atoms with Crippen LogP contribution in [0.15, 0.2) is 15.5 Å². The Morgan fingerprint density at radius 3 is 3.00 bits per heavy atom. The molecule has 19 heavy (non-hydrogen) atoms. The third-order valence-electron chi connectivity index (χ3n) is 3.35. The van der Waals surface area contributed by atoms with Crippen molar-refractivity contribution in [2.45, 2.75) is 32.5 Å². The highest BCUT2D eigenvalue weighted by Crippen LogP contribution is 2.25. The standard InChI is InChI=1S/C12H19BrN4O2/c1-8-7-16(9(2)5-14-8)10-6-15-17(3-4-18)12(19)11(10)13/h6,8-9,14,18H,3-5,7H2,1-2H3. The number of piperazine rings is 1. The molecule has 0 bridgehead atoms. The molecule has 0 aliphatic carbocycles. The fourth-order valence-electron chi connectivity index (χ4n) is 2.27. The Kier molecular flexibility index (Phi) is 4.59. The zero-order chi connectivity index (χ0) is 14.0. The summed E-state index contributed by atoms with van der Waals surface area (Å²) in [6, 6.07) is 0.686. The van der Waals surface area contributed by atoms with Gasteiger partial charge in [-0.15, -0.1) is 0 Å².